The quantitative estimate of drug-likeness (QED) is 0.778. The van der Waals surface area contributed by atoms with E-state index in [1.54, 1.807) is 4.31 Å². The molecule has 0 saturated carbocycles. The number of sulfonamides is 1. The van der Waals surface area contributed by atoms with Crippen molar-refractivity contribution in [3.8, 4) is 0 Å². The molecule has 1 aliphatic rings. The van der Waals surface area contributed by atoms with Gasteiger partial charge in [-0.2, -0.15) is 0 Å². The van der Waals surface area contributed by atoms with E-state index in [0.717, 1.165) is 31.5 Å². The van der Waals surface area contributed by atoms with Crippen LogP contribution >= 0.6 is 0 Å². The van der Waals surface area contributed by atoms with Gasteiger partial charge >= 0.3 is 0 Å². The lowest BCUT2D eigenvalue weighted by atomic mass is 10.00. The Kier molecular flexibility index (Phi) is 4.51. The lowest BCUT2D eigenvalue weighted by Crippen LogP contribution is -2.40. The fourth-order valence-corrected chi connectivity index (χ4v) is 3.43. The first-order chi connectivity index (χ1) is 9.00. The molecular formula is C11H21N5O2S. The summed E-state index contributed by atoms with van der Waals surface area (Å²) in [5.41, 5.74) is 0. The maximum absolute atomic E-state index is 11.6. The molecule has 1 atom stereocenters. The van der Waals surface area contributed by atoms with Crippen LogP contribution in [0, 0.1) is 5.92 Å². The van der Waals surface area contributed by atoms with Crippen LogP contribution in [0.1, 0.15) is 32.0 Å². The van der Waals surface area contributed by atoms with Crippen LogP contribution in [0.2, 0.25) is 0 Å². The molecule has 0 unspecified atom stereocenters. The van der Waals surface area contributed by atoms with Gasteiger partial charge in [0.15, 0.2) is 5.82 Å². The summed E-state index contributed by atoms with van der Waals surface area (Å²) in [6, 6.07) is 0. The van der Waals surface area contributed by atoms with Crippen molar-refractivity contribution in [2.75, 3.05) is 19.3 Å². The fourth-order valence-electron chi connectivity index (χ4n) is 2.49. The van der Waals surface area contributed by atoms with Gasteiger partial charge in [0.2, 0.25) is 10.0 Å². The van der Waals surface area contributed by atoms with Crippen molar-refractivity contribution in [1.29, 1.82) is 0 Å². The third-order valence-corrected chi connectivity index (χ3v) is 4.73. The second-order valence-corrected chi connectivity index (χ2v) is 7.14. The minimum atomic E-state index is -3.09. The SMILES string of the molecule is CCCc1nnnn1C[C@@H]1CCCN(S(C)(=O)=O)C1. The van der Waals surface area contributed by atoms with Gasteiger partial charge in [0, 0.05) is 26.1 Å². The van der Waals surface area contributed by atoms with Gasteiger partial charge in [-0.3, -0.25) is 0 Å². The third-order valence-electron chi connectivity index (χ3n) is 3.46. The zero-order chi connectivity index (χ0) is 13.9. The highest BCUT2D eigenvalue weighted by atomic mass is 32.2. The molecule has 0 N–H and O–H groups in total. The standard InChI is InChI=1S/C11H21N5O2S/c1-3-5-11-12-13-14-16(11)9-10-6-4-7-15(8-10)19(2,17)18/h10H,3-9H2,1-2H3/t10-/m1/s1. The van der Waals surface area contributed by atoms with E-state index in [2.05, 4.69) is 22.4 Å². The molecule has 1 aliphatic heterocycles. The van der Waals surface area contributed by atoms with Crippen LogP contribution in [0.4, 0.5) is 0 Å². The van der Waals surface area contributed by atoms with Crippen LogP contribution in [-0.4, -0.2) is 52.3 Å². The fraction of sp³-hybridized carbons (Fsp3) is 0.909. The Morgan fingerprint density at radius 1 is 1.42 bits per heavy atom. The van der Waals surface area contributed by atoms with E-state index in [0.29, 0.717) is 25.6 Å². The Morgan fingerprint density at radius 2 is 2.21 bits per heavy atom. The van der Waals surface area contributed by atoms with E-state index in [-0.39, 0.29) is 0 Å². The van der Waals surface area contributed by atoms with Crippen molar-refractivity contribution in [3.63, 3.8) is 0 Å². The summed E-state index contributed by atoms with van der Waals surface area (Å²) in [5.74, 6) is 1.18. The van der Waals surface area contributed by atoms with Crippen LogP contribution in [0.5, 0.6) is 0 Å². The average molecular weight is 287 g/mol. The molecule has 0 amide bonds. The summed E-state index contributed by atoms with van der Waals surface area (Å²) in [4.78, 5) is 0. The van der Waals surface area contributed by atoms with Crippen LogP contribution in [0.3, 0.4) is 0 Å². The maximum atomic E-state index is 11.6. The molecule has 8 heteroatoms. The molecule has 1 aromatic heterocycles. The van der Waals surface area contributed by atoms with Crippen molar-refractivity contribution in [3.05, 3.63) is 5.82 Å². The highest BCUT2D eigenvalue weighted by Gasteiger charge is 2.26. The number of tetrazole rings is 1. The van der Waals surface area contributed by atoms with E-state index >= 15 is 0 Å². The van der Waals surface area contributed by atoms with Crippen molar-refractivity contribution in [2.45, 2.75) is 39.2 Å². The van der Waals surface area contributed by atoms with Gasteiger partial charge in [0.25, 0.3) is 0 Å². The summed E-state index contributed by atoms with van der Waals surface area (Å²) in [7, 11) is -3.09. The van der Waals surface area contributed by atoms with Gasteiger partial charge in [-0.25, -0.2) is 17.4 Å². The first kappa shape index (κ1) is 14.4. The molecule has 0 aromatic carbocycles. The van der Waals surface area contributed by atoms with E-state index in [1.165, 1.54) is 6.26 Å². The van der Waals surface area contributed by atoms with Crippen molar-refractivity contribution in [1.82, 2.24) is 24.5 Å². The van der Waals surface area contributed by atoms with E-state index in [4.69, 9.17) is 0 Å². The predicted molar refractivity (Wildman–Crippen MR) is 71.0 cm³/mol. The third kappa shape index (κ3) is 3.73. The first-order valence-corrected chi connectivity index (χ1v) is 8.55. The number of hydrogen-bond donors (Lipinski definition) is 0. The molecule has 0 aliphatic carbocycles. The minimum Gasteiger partial charge on any atom is -0.229 e. The zero-order valence-electron chi connectivity index (χ0n) is 11.5. The molecule has 2 rings (SSSR count). The van der Waals surface area contributed by atoms with Gasteiger partial charge in [0.1, 0.15) is 0 Å². The summed E-state index contributed by atoms with van der Waals surface area (Å²) in [6.07, 6.45) is 5.06. The smallest absolute Gasteiger partial charge is 0.211 e. The molecule has 0 spiro atoms. The van der Waals surface area contributed by atoms with Gasteiger partial charge < -0.3 is 0 Å². The minimum absolute atomic E-state index is 0.294. The van der Waals surface area contributed by atoms with Crippen LogP contribution in [0.25, 0.3) is 0 Å². The number of rotatable bonds is 5. The summed E-state index contributed by atoms with van der Waals surface area (Å²) < 4.78 is 26.5. The normalized spacial score (nSPS) is 21.7. The van der Waals surface area contributed by atoms with Gasteiger partial charge in [0.05, 0.1) is 6.26 Å². The van der Waals surface area contributed by atoms with Crippen molar-refractivity contribution < 1.29 is 8.42 Å². The Bertz CT molecular complexity index is 513. The number of piperidine rings is 1. The van der Waals surface area contributed by atoms with Gasteiger partial charge in [-0.1, -0.05) is 6.92 Å². The van der Waals surface area contributed by atoms with Crippen molar-refractivity contribution in [2.24, 2.45) is 5.92 Å². The molecule has 108 valence electrons. The molecule has 1 fully saturated rings. The molecule has 1 aromatic rings. The average Bonchev–Trinajstić information content (AvgIpc) is 2.77. The van der Waals surface area contributed by atoms with Crippen LogP contribution in [-0.2, 0) is 23.0 Å². The Balaban J connectivity index is 2.01. The molecule has 19 heavy (non-hydrogen) atoms. The summed E-state index contributed by atoms with van der Waals surface area (Å²) in [6.45, 7) is 4.00. The van der Waals surface area contributed by atoms with Crippen molar-refractivity contribution >= 4 is 10.0 Å². The lowest BCUT2D eigenvalue weighted by molar-refractivity contribution is 0.237. The number of hydrogen-bond acceptors (Lipinski definition) is 5. The summed E-state index contributed by atoms with van der Waals surface area (Å²) >= 11 is 0. The van der Waals surface area contributed by atoms with Crippen LogP contribution < -0.4 is 0 Å². The maximum Gasteiger partial charge on any atom is 0.211 e. The molecule has 0 bridgehead atoms. The van der Waals surface area contributed by atoms with E-state index < -0.39 is 10.0 Å². The van der Waals surface area contributed by atoms with Crippen LogP contribution in [0.15, 0.2) is 0 Å². The molecule has 2 heterocycles. The predicted octanol–water partition coefficient (Wildman–Crippen LogP) is 0.297. The highest BCUT2D eigenvalue weighted by Crippen LogP contribution is 2.20. The topological polar surface area (TPSA) is 81.0 Å². The number of aromatic nitrogens is 4. The second kappa shape index (κ2) is 5.96. The van der Waals surface area contributed by atoms with Gasteiger partial charge in [-0.05, 0) is 35.6 Å². The number of nitrogens with zero attached hydrogens (tertiary/aromatic N) is 5. The van der Waals surface area contributed by atoms with E-state index in [9.17, 15) is 8.42 Å². The lowest BCUT2D eigenvalue weighted by Gasteiger charge is -2.30. The second-order valence-electron chi connectivity index (χ2n) is 5.16. The molecule has 1 saturated heterocycles. The van der Waals surface area contributed by atoms with Gasteiger partial charge in [-0.15, -0.1) is 5.10 Å². The molecule has 0 radical (unpaired) electrons. The summed E-state index contributed by atoms with van der Waals surface area (Å²) in [5, 5.41) is 11.7. The monoisotopic (exact) mass is 287 g/mol. The Hall–Kier alpha value is -1.02. The Morgan fingerprint density at radius 3 is 2.89 bits per heavy atom. The molecular weight excluding hydrogens is 266 g/mol. The largest absolute Gasteiger partial charge is 0.229 e. The molecule has 7 nitrogen and oxygen atoms in total. The number of aryl methyl sites for hydroxylation is 1. The highest BCUT2D eigenvalue weighted by molar-refractivity contribution is 7.88. The van der Waals surface area contributed by atoms with E-state index in [1.807, 2.05) is 4.68 Å². The Labute approximate surface area is 114 Å². The first-order valence-electron chi connectivity index (χ1n) is 6.71. The zero-order valence-corrected chi connectivity index (χ0v) is 12.3.